The van der Waals surface area contributed by atoms with Gasteiger partial charge in [0.1, 0.15) is 29.6 Å². The van der Waals surface area contributed by atoms with Gasteiger partial charge in [-0.3, -0.25) is 4.79 Å². The van der Waals surface area contributed by atoms with Crippen LogP contribution in [0.2, 0.25) is 25.7 Å². The summed E-state index contributed by atoms with van der Waals surface area (Å²) in [5.41, 5.74) is 2.22. The molecule has 2 aromatic carbocycles. The minimum atomic E-state index is -1.17. The number of hydrogen-bond acceptors (Lipinski definition) is 8. The quantitative estimate of drug-likeness (QED) is 0.0507. The number of ketones is 1. The molecule has 8 nitrogen and oxygen atoms in total. The van der Waals surface area contributed by atoms with Crippen LogP contribution in [0.1, 0.15) is 29.8 Å². The van der Waals surface area contributed by atoms with Gasteiger partial charge in [-0.15, -0.1) is 0 Å². The molecule has 0 aromatic heterocycles. The highest BCUT2D eigenvalue weighted by Crippen LogP contribution is 2.29. The Balaban J connectivity index is 2.20. The maximum atomic E-state index is 13.2. The van der Waals surface area contributed by atoms with E-state index in [2.05, 4.69) is 19.6 Å². The molecule has 0 bridgehead atoms. The summed E-state index contributed by atoms with van der Waals surface area (Å²) >= 11 is 0. The van der Waals surface area contributed by atoms with Crippen LogP contribution in [0.3, 0.4) is 0 Å². The van der Waals surface area contributed by atoms with E-state index in [0.717, 1.165) is 11.6 Å². The van der Waals surface area contributed by atoms with Gasteiger partial charge in [-0.05, 0) is 62.4 Å². The molecule has 9 heteroatoms. The van der Waals surface area contributed by atoms with E-state index in [-0.39, 0.29) is 26.2 Å². The molecule has 0 unspecified atom stereocenters. The van der Waals surface area contributed by atoms with Crippen LogP contribution >= 0.6 is 0 Å². The molecule has 0 fully saturated rings. The summed E-state index contributed by atoms with van der Waals surface area (Å²) in [6.07, 6.45) is 5.11. The molecule has 214 valence electrons. The van der Waals surface area contributed by atoms with Gasteiger partial charge in [0.2, 0.25) is 0 Å². The van der Waals surface area contributed by atoms with Gasteiger partial charge in [-0.1, -0.05) is 25.2 Å². The van der Waals surface area contributed by atoms with Gasteiger partial charge >= 0.3 is 0 Å². The van der Waals surface area contributed by atoms with E-state index in [1.165, 1.54) is 13.2 Å². The largest absolute Gasteiger partial charge is 0.489 e. The Morgan fingerprint density at radius 1 is 0.821 bits per heavy atom. The van der Waals surface area contributed by atoms with Crippen molar-refractivity contribution in [3.8, 4) is 23.0 Å². The van der Waals surface area contributed by atoms with Crippen molar-refractivity contribution in [2.24, 2.45) is 0 Å². The second-order valence-corrected chi connectivity index (χ2v) is 15.9. The molecule has 0 aliphatic heterocycles. The highest BCUT2D eigenvalue weighted by Gasteiger charge is 2.14. The van der Waals surface area contributed by atoms with E-state index < -0.39 is 8.07 Å². The molecule has 2 rings (SSSR count). The zero-order valence-corrected chi connectivity index (χ0v) is 25.2. The van der Waals surface area contributed by atoms with Crippen molar-refractivity contribution >= 4 is 19.9 Å². The number of carbonyl (C=O) groups is 1. The fourth-order valence-corrected chi connectivity index (χ4v) is 3.89. The molecule has 0 saturated heterocycles. The fourth-order valence-electron chi connectivity index (χ4n) is 3.13. The van der Waals surface area contributed by atoms with Crippen LogP contribution in [0.25, 0.3) is 6.08 Å². The lowest BCUT2D eigenvalue weighted by atomic mass is 10.1. The van der Waals surface area contributed by atoms with Gasteiger partial charge in [0.25, 0.3) is 0 Å². The van der Waals surface area contributed by atoms with Crippen molar-refractivity contribution in [3.63, 3.8) is 0 Å². The summed E-state index contributed by atoms with van der Waals surface area (Å²) in [5.74, 6) is 1.85. The summed E-state index contributed by atoms with van der Waals surface area (Å²) in [6.45, 7) is 12.2. The lowest BCUT2D eigenvalue weighted by molar-refractivity contribution is 0.0219. The number of methoxy groups -OCH3 is 2. The zero-order valence-electron chi connectivity index (χ0n) is 24.2. The first-order valence-electron chi connectivity index (χ1n) is 12.8. The molecule has 0 saturated carbocycles. The monoisotopic (exact) mass is 558 g/mol. The normalized spacial score (nSPS) is 11.4. The average Bonchev–Trinajstić information content (AvgIpc) is 2.89. The second-order valence-electron chi connectivity index (χ2n) is 10.2. The number of hydrogen-bond donors (Lipinski definition) is 0. The maximum absolute atomic E-state index is 13.2. The van der Waals surface area contributed by atoms with Gasteiger partial charge in [-0.2, -0.15) is 0 Å². The van der Waals surface area contributed by atoms with Crippen LogP contribution in [0.5, 0.6) is 23.0 Å². The van der Waals surface area contributed by atoms with Crippen molar-refractivity contribution in [3.05, 3.63) is 65.3 Å². The highest BCUT2D eigenvalue weighted by molar-refractivity contribution is 6.76. The molecular weight excluding hydrogens is 516 g/mol. The minimum absolute atomic E-state index is 0.0498. The molecule has 0 amide bonds. The van der Waals surface area contributed by atoms with E-state index in [0.29, 0.717) is 47.3 Å². The second kappa shape index (κ2) is 16.8. The summed E-state index contributed by atoms with van der Waals surface area (Å²) in [6, 6.07) is 11.5. The van der Waals surface area contributed by atoms with Crippen molar-refractivity contribution in [1.29, 1.82) is 0 Å². The van der Waals surface area contributed by atoms with Crippen molar-refractivity contribution in [2.75, 3.05) is 47.8 Å². The minimum Gasteiger partial charge on any atom is -0.489 e. The fraction of sp³-hybridized carbons (Fsp3) is 0.433. The standard InChI is InChI=1S/C30H42O8Si/c1-23(2)14-15-35-30-19-26(37-22-34-16-17-39(5,6)7)11-12-27(30)28(31)13-9-24-8-10-25(36-20-32-3)18-29(24)38-21-33-4/h8-14,18-19H,15-17,20-22H2,1-7H3/b13-9+. The van der Waals surface area contributed by atoms with Crippen LogP contribution in [0, 0.1) is 0 Å². The third-order valence-corrected chi connectivity index (χ3v) is 7.03. The number of rotatable bonds is 18. The molecular formula is C30H42O8Si. The Kier molecular flexibility index (Phi) is 13.8. The topological polar surface area (TPSA) is 81.7 Å². The third kappa shape index (κ3) is 12.5. The first-order valence-corrected chi connectivity index (χ1v) is 16.5. The van der Waals surface area contributed by atoms with Crippen LogP contribution in [-0.2, 0) is 14.2 Å². The molecule has 0 atom stereocenters. The van der Waals surface area contributed by atoms with Crippen LogP contribution < -0.4 is 18.9 Å². The van der Waals surface area contributed by atoms with Gasteiger partial charge in [0, 0.05) is 46.6 Å². The van der Waals surface area contributed by atoms with Gasteiger partial charge in [-0.25, -0.2) is 0 Å². The highest BCUT2D eigenvalue weighted by atomic mass is 28.3. The Bertz CT molecular complexity index is 1100. The van der Waals surface area contributed by atoms with Gasteiger partial charge < -0.3 is 33.2 Å². The molecule has 2 aromatic rings. The van der Waals surface area contributed by atoms with Crippen molar-refractivity contribution in [1.82, 2.24) is 0 Å². The van der Waals surface area contributed by atoms with Crippen LogP contribution in [0.4, 0.5) is 0 Å². The average molecular weight is 559 g/mol. The van der Waals surface area contributed by atoms with Crippen molar-refractivity contribution in [2.45, 2.75) is 39.5 Å². The first-order chi connectivity index (χ1) is 18.6. The van der Waals surface area contributed by atoms with E-state index in [1.54, 1.807) is 49.6 Å². The van der Waals surface area contributed by atoms with E-state index >= 15 is 0 Å². The Hall–Kier alpha value is -3.11. The number of carbonyl (C=O) groups excluding carboxylic acids is 1. The Morgan fingerprint density at radius 3 is 2.13 bits per heavy atom. The third-order valence-electron chi connectivity index (χ3n) is 5.33. The predicted molar refractivity (Wildman–Crippen MR) is 156 cm³/mol. The SMILES string of the molecule is COCOc1ccc(/C=C/C(=O)c2ccc(OCOCC[Si](C)(C)C)cc2OCC=C(C)C)c(OCOC)c1. The smallest absolute Gasteiger partial charge is 0.189 e. The molecule has 0 aliphatic rings. The molecule has 0 spiro atoms. The zero-order chi connectivity index (χ0) is 28.7. The number of benzene rings is 2. The predicted octanol–water partition coefficient (Wildman–Crippen LogP) is 6.58. The van der Waals surface area contributed by atoms with E-state index in [9.17, 15) is 4.79 Å². The number of ether oxygens (including phenoxy) is 7. The number of allylic oxidation sites excluding steroid dienone is 2. The lowest BCUT2D eigenvalue weighted by Gasteiger charge is -2.16. The summed E-state index contributed by atoms with van der Waals surface area (Å²) in [4.78, 5) is 13.2. The molecule has 0 aliphatic carbocycles. The van der Waals surface area contributed by atoms with Crippen LogP contribution in [-0.4, -0.2) is 61.7 Å². The van der Waals surface area contributed by atoms with E-state index in [1.807, 2.05) is 19.9 Å². The van der Waals surface area contributed by atoms with Gasteiger partial charge in [0.15, 0.2) is 26.2 Å². The summed E-state index contributed by atoms with van der Waals surface area (Å²) < 4.78 is 38.5. The van der Waals surface area contributed by atoms with E-state index in [4.69, 9.17) is 33.2 Å². The molecule has 39 heavy (non-hydrogen) atoms. The molecule has 0 N–H and O–H groups in total. The van der Waals surface area contributed by atoms with Crippen molar-refractivity contribution < 1.29 is 38.0 Å². The van der Waals surface area contributed by atoms with Crippen LogP contribution in [0.15, 0.2) is 54.1 Å². The summed E-state index contributed by atoms with van der Waals surface area (Å²) in [5, 5.41) is 0. The Morgan fingerprint density at radius 2 is 1.46 bits per heavy atom. The first kappa shape index (κ1) is 32.1. The molecule has 0 radical (unpaired) electrons. The Labute approximate surface area is 233 Å². The maximum Gasteiger partial charge on any atom is 0.189 e. The molecule has 0 heterocycles. The lowest BCUT2D eigenvalue weighted by Crippen LogP contribution is -2.22. The van der Waals surface area contributed by atoms with Gasteiger partial charge in [0.05, 0.1) is 5.56 Å². The summed E-state index contributed by atoms with van der Waals surface area (Å²) in [7, 11) is 1.92.